The topological polar surface area (TPSA) is 48.0 Å². The summed E-state index contributed by atoms with van der Waals surface area (Å²) in [7, 11) is 0. The average molecular weight is 327 g/mol. The first-order chi connectivity index (χ1) is 11.0. The minimum Gasteiger partial charge on any atom is -0.366 e. The Morgan fingerprint density at radius 3 is 2.61 bits per heavy atom. The van der Waals surface area contributed by atoms with Crippen LogP contribution in [0.1, 0.15) is 29.8 Å². The smallest absolute Gasteiger partial charge is 0.248 e. The molecular formula is C19H19ClN2O. The fourth-order valence-electron chi connectivity index (χ4n) is 2.91. The van der Waals surface area contributed by atoms with E-state index in [-0.39, 0.29) is 0 Å². The van der Waals surface area contributed by atoms with Gasteiger partial charge in [0.05, 0.1) is 16.2 Å². The van der Waals surface area contributed by atoms with Gasteiger partial charge in [0.1, 0.15) is 0 Å². The Morgan fingerprint density at radius 2 is 1.96 bits per heavy atom. The summed E-state index contributed by atoms with van der Waals surface area (Å²) >= 11 is 6.39. The monoisotopic (exact) mass is 326 g/mol. The zero-order valence-electron chi connectivity index (χ0n) is 13.2. The number of benzene rings is 2. The molecule has 0 saturated carbocycles. The molecule has 0 unspecified atom stereocenters. The molecule has 2 N–H and O–H groups in total. The molecule has 23 heavy (non-hydrogen) atoms. The largest absolute Gasteiger partial charge is 0.366 e. The van der Waals surface area contributed by atoms with Crippen LogP contribution in [0.15, 0.2) is 48.7 Å². The van der Waals surface area contributed by atoms with E-state index in [4.69, 9.17) is 17.3 Å². The molecule has 0 atom stereocenters. The lowest BCUT2D eigenvalue weighted by atomic mass is 10.0. The normalized spacial score (nSPS) is 11.3. The third-order valence-electron chi connectivity index (χ3n) is 3.91. The molecule has 118 valence electrons. The fraction of sp³-hybridized carbons (Fsp3) is 0.211. The zero-order valence-corrected chi connectivity index (χ0v) is 14.0. The van der Waals surface area contributed by atoms with Gasteiger partial charge in [-0.2, -0.15) is 0 Å². The van der Waals surface area contributed by atoms with Crippen LogP contribution >= 0.6 is 11.6 Å². The van der Waals surface area contributed by atoms with Gasteiger partial charge in [-0.15, -0.1) is 0 Å². The van der Waals surface area contributed by atoms with Crippen molar-refractivity contribution in [3.63, 3.8) is 0 Å². The summed E-state index contributed by atoms with van der Waals surface area (Å²) in [4.78, 5) is 11.3. The molecule has 0 fully saturated rings. The van der Waals surface area contributed by atoms with Gasteiger partial charge in [0.2, 0.25) is 5.91 Å². The van der Waals surface area contributed by atoms with E-state index in [9.17, 15) is 4.79 Å². The highest BCUT2D eigenvalue weighted by atomic mass is 35.5. The maximum Gasteiger partial charge on any atom is 0.248 e. The second-order valence-electron chi connectivity index (χ2n) is 6.17. The number of halogens is 1. The van der Waals surface area contributed by atoms with Crippen molar-refractivity contribution in [1.29, 1.82) is 0 Å². The summed E-state index contributed by atoms with van der Waals surface area (Å²) in [6.07, 6.45) is 3.14. The van der Waals surface area contributed by atoms with Crippen molar-refractivity contribution in [2.75, 3.05) is 0 Å². The predicted octanol–water partition coefficient (Wildman–Crippen LogP) is 4.58. The summed E-state index contributed by atoms with van der Waals surface area (Å²) in [6.45, 7) is 4.42. The van der Waals surface area contributed by atoms with Crippen molar-refractivity contribution in [1.82, 2.24) is 4.57 Å². The van der Waals surface area contributed by atoms with Gasteiger partial charge >= 0.3 is 0 Å². The van der Waals surface area contributed by atoms with Gasteiger partial charge in [-0.1, -0.05) is 43.6 Å². The number of nitrogens with zero attached hydrogens (tertiary/aromatic N) is 1. The van der Waals surface area contributed by atoms with Crippen LogP contribution in [0.3, 0.4) is 0 Å². The van der Waals surface area contributed by atoms with Crippen LogP contribution in [-0.2, 0) is 6.42 Å². The van der Waals surface area contributed by atoms with Gasteiger partial charge in [-0.25, -0.2) is 0 Å². The number of aromatic nitrogens is 1. The van der Waals surface area contributed by atoms with Crippen molar-refractivity contribution in [2.45, 2.75) is 20.3 Å². The highest BCUT2D eigenvalue weighted by Gasteiger charge is 2.13. The van der Waals surface area contributed by atoms with Crippen molar-refractivity contribution >= 4 is 28.4 Å². The average Bonchev–Trinajstić information content (AvgIpc) is 2.85. The number of nitrogens with two attached hydrogens (primary N) is 1. The summed E-state index contributed by atoms with van der Waals surface area (Å²) in [6, 6.07) is 13.5. The Balaban J connectivity index is 2.18. The van der Waals surface area contributed by atoms with Crippen LogP contribution in [0.25, 0.3) is 16.6 Å². The highest BCUT2D eigenvalue weighted by molar-refractivity contribution is 6.32. The van der Waals surface area contributed by atoms with E-state index in [1.165, 1.54) is 10.9 Å². The number of hydrogen-bond donors (Lipinski definition) is 1. The molecule has 1 heterocycles. The fourth-order valence-corrected chi connectivity index (χ4v) is 3.18. The maximum absolute atomic E-state index is 11.3. The van der Waals surface area contributed by atoms with E-state index in [2.05, 4.69) is 36.7 Å². The lowest BCUT2D eigenvalue weighted by molar-refractivity contribution is 0.100. The SMILES string of the molecule is CC(C)Cc1cn(-c2ccc(C(N)=O)cc2Cl)c2ccccc12. The second kappa shape index (κ2) is 6.09. The molecule has 0 aliphatic rings. The van der Waals surface area contributed by atoms with Crippen molar-refractivity contribution in [3.8, 4) is 5.69 Å². The summed E-state index contributed by atoms with van der Waals surface area (Å²) < 4.78 is 2.08. The molecule has 0 aliphatic heterocycles. The quantitative estimate of drug-likeness (QED) is 0.749. The lowest BCUT2D eigenvalue weighted by Gasteiger charge is -2.09. The zero-order chi connectivity index (χ0) is 16.6. The molecule has 0 bridgehead atoms. The first-order valence-electron chi connectivity index (χ1n) is 7.66. The van der Waals surface area contributed by atoms with Gasteiger partial charge in [0.15, 0.2) is 0 Å². The Kier molecular flexibility index (Phi) is 4.14. The molecule has 4 heteroatoms. The molecule has 2 aromatic carbocycles. The van der Waals surface area contributed by atoms with Gasteiger partial charge in [0.25, 0.3) is 0 Å². The van der Waals surface area contributed by atoms with Gasteiger partial charge in [-0.3, -0.25) is 4.79 Å². The summed E-state index contributed by atoms with van der Waals surface area (Å²) in [5.41, 5.74) is 8.99. The Labute approximate surface area is 140 Å². The standard InChI is InChI=1S/C19H19ClN2O/c1-12(2)9-14-11-22(17-6-4-3-5-15(14)17)18-8-7-13(19(21)23)10-16(18)20/h3-8,10-12H,9H2,1-2H3,(H2,21,23). The third kappa shape index (κ3) is 2.97. The van der Waals surface area contributed by atoms with Gasteiger partial charge in [0, 0.05) is 17.1 Å². The molecule has 0 spiro atoms. The summed E-state index contributed by atoms with van der Waals surface area (Å²) in [5, 5.41) is 1.74. The van der Waals surface area contributed by atoms with Crippen LogP contribution in [0.4, 0.5) is 0 Å². The highest BCUT2D eigenvalue weighted by Crippen LogP contribution is 2.30. The Bertz CT molecular complexity index is 880. The molecule has 3 nitrogen and oxygen atoms in total. The van der Waals surface area contributed by atoms with E-state index < -0.39 is 5.91 Å². The molecule has 0 radical (unpaired) electrons. The van der Waals surface area contributed by atoms with E-state index in [1.807, 2.05) is 18.2 Å². The first-order valence-corrected chi connectivity index (χ1v) is 8.04. The van der Waals surface area contributed by atoms with Gasteiger partial charge in [-0.05, 0) is 42.2 Å². The lowest BCUT2D eigenvalue weighted by Crippen LogP contribution is -2.11. The summed E-state index contributed by atoms with van der Waals surface area (Å²) in [5.74, 6) is 0.0956. The molecular weight excluding hydrogens is 308 g/mol. The van der Waals surface area contributed by atoms with Crippen LogP contribution in [0, 0.1) is 5.92 Å². The minimum atomic E-state index is -0.476. The predicted molar refractivity (Wildman–Crippen MR) is 95.3 cm³/mol. The molecule has 3 aromatic rings. The number of amides is 1. The van der Waals surface area contributed by atoms with E-state index >= 15 is 0 Å². The number of para-hydroxylation sites is 1. The number of primary amides is 1. The van der Waals surface area contributed by atoms with Crippen LogP contribution in [0.5, 0.6) is 0 Å². The number of hydrogen-bond acceptors (Lipinski definition) is 1. The second-order valence-corrected chi connectivity index (χ2v) is 6.58. The Hall–Kier alpha value is -2.26. The van der Waals surface area contributed by atoms with Crippen molar-refractivity contribution in [2.24, 2.45) is 11.7 Å². The Morgan fingerprint density at radius 1 is 1.22 bits per heavy atom. The number of fused-ring (bicyclic) bond motifs is 1. The minimum absolute atomic E-state index is 0.414. The van der Waals surface area contributed by atoms with Gasteiger partial charge < -0.3 is 10.3 Å². The number of rotatable bonds is 4. The molecule has 0 saturated heterocycles. The van der Waals surface area contributed by atoms with E-state index in [1.54, 1.807) is 12.1 Å². The first kappa shape index (κ1) is 15.6. The van der Waals surface area contributed by atoms with Crippen molar-refractivity contribution in [3.05, 3.63) is 64.8 Å². The van der Waals surface area contributed by atoms with E-state index in [0.29, 0.717) is 16.5 Å². The molecule has 1 amide bonds. The maximum atomic E-state index is 11.3. The third-order valence-corrected chi connectivity index (χ3v) is 4.22. The number of carbonyl (C=O) groups is 1. The van der Waals surface area contributed by atoms with Crippen LogP contribution in [-0.4, -0.2) is 10.5 Å². The van der Waals surface area contributed by atoms with Crippen molar-refractivity contribution < 1.29 is 4.79 Å². The number of carbonyl (C=O) groups excluding carboxylic acids is 1. The van der Waals surface area contributed by atoms with E-state index in [0.717, 1.165) is 17.6 Å². The van der Waals surface area contributed by atoms with Crippen LogP contribution in [0.2, 0.25) is 5.02 Å². The molecule has 3 rings (SSSR count). The molecule has 0 aliphatic carbocycles. The molecule has 1 aromatic heterocycles. The van der Waals surface area contributed by atoms with Crippen LogP contribution < -0.4 is 5.73 Å².